The SMILES string of the molecule is CCC(CBr)CN1C(=O)CCSC1=O. The van der Waals surface area contributed by atoms with Crippen LogP contribution in [0.25, 0.3) is 0 Å². The van der Waals surface area contributed by atoms with Gasteiger partial charge in [0, 0.05) is 24.0 Å². The van der Waals surface area contributed by atoms with E-state index in [-0.39, 0.29) is 11.1 Å². The lowest BCUT2D eigenvalue weighted by Gasteiger charge is -2.27. The molecule has 0 aliphatic carbocycles. The highest BCUT2D eigenvalue weighted by Crippen LogP contribution is 2.20. The van der Waals surface area contributed by atoms with E-state index in [4.69, 9.17) is 0 Å². The van der Waals surface area contributed by atoms with Gasteiger partial charge < -0.3 is 0 Å². The number of thioether (sulfide) groups is 1. The Balaban J connectivity index is 2.55. The number of rotatable bonds is 4. The number of halogens is 1. The average Bonchev–Trinajstić information content (AvgIpc) is 2.18. The Kier molecular flexibility index (Phi) is 4.95. The van der Waals surface area contributed by atoms with Crippen molar-refractivity contribution < 1.29 is 9.59 Å². The summed E-state index contributed by atoms with van der Waals surface area (Å²) in [6.07, 6.45) is 1.47. The van der Waals surface area contributed by atoms with Crippen molar-refractivity contribution in [3.8, 4) is 0 Å². The number of alkyl halides is 1. The number of hydrogen-bond acceptors (Lipinski definition) is 3. The van der Waals surface area contributed by atoms with Crippen molar-refractivity contribution in [1.82, 2.24) is 4.90 Å². The molecule has 5 heteroatoms. The number of nitrogens with zero attached hydrogens (tertiary/aromatic N) is 1. The van der Waals surface area contributed by atoms with Gasteiger partial charge in [-0.05, 0) is 5.92 Å². The van der Waals surface area contributed by atoms with Gasteiger partial charge in [-0.3, -0.25) is 14.5 Å². The minimum Gasteiger partial charge on any atom is -0.274 e. The fourth-order valence-electron chi connectivity index (χ4n) is 1.26. The molecular weight excluding hydrogens is 266 g/mol. The number of amides is 2. The highest BCUT2D eigenvalue weighted by Gasteiger charge is 2.28. The molecule has 1 rings (SSSR count). The second-order valence-electron chi connectivity index (χ2n) is 3.30. The first kappa shape index (κ1) is 12.0. The molecule has 0 N–H and O–H groups in total. The van der Waals surface area contributed by atoms with Crippen LogP contribution in [0.2, 0.25) is 0 Å². The van der Waals surface area contributed by atoms with Crippen molar-refractivity contribution in [2.24, 2.45) is 5.92 Å². The molecule has 1 atom stereocenters. The smallest absolute Gasteiger partial charge is 0.274 e. The van der Waals surface area contributed by atoms with E-state index in [1.54, 1.807) is 0 Å². The van der Waals surface area contributed by atoms with E-state index in [2.05, 4.69) is 22.9 Å². The first-order chi connectivity index (χ1) is 6.69. The molecule has 1 aliphatic heterocycles. The van der Waals surface area contributed by atoms with E-state index < -0.39 is 0 Å². The maximum atomic E-state index is 11.4. The van der Waals surface area contributed by atoms with Crippen LogP contribution in [-0.2, 0) is 4.79 Å². The number of imide groups is 1. The first-order valence-electron chi connectivity index (χ1n) is 4.72. The normalized spacial score (nSPS) is 20.0. The molecule has 1 aliphatic rings. The van der Waals surface area contributed by atoms with E-state index in [1.807, 2.05) is 0 Å². The summed E-state index contributed by atoms with van der Waals surface area (Å²) < 4.78 is 0. The molecule has 0 radical (unpaired) electrons. The van der Waals surface area contributed by atoms with Crippen molar-refractivity contribution in [3.05, 3.63) is 0 Å². The van der Waals surface area contributed by atoms with Crippen molar-refractivity contribution in [1.29, 1.82) is 0 Å². The molecule has 2 amide bonds. The number of carbonyl (C=O) groups excluding carboxylic acids is 2. The molecule has 0 aromatic rings. The van der Waals surface area contributed by atoms with Crippen LogP contribution in [0.3, 0.4) is 0 Å². The third-order valence-corrected chi connectivity index (χ3v) is 4.09. The van der Waals surface area contributed by atoms with E-state index in [0.717, 1.165) is 11.8 Å². The predicted octanol–water partition coefficient (Wildman–Crippen LogP) is 2.49. The lowest BCUT2D eigenvalue weighted by Crippen LogP contribution is -2.41. The Labute approximate surface area is 96.7 Å². The quantitative estimate of drug-likeness (QED) is 0.742. The van der Waals surface area contributed by atoms with Crippen molar-refractivity contribution >= 4 is 38.8 Å². The summed E-state index contributed by atoms with van der Waals surface area (Å²) in [4.78, 5) is 24.3. The molecule has 1 fully saturated rings. The maximum absolute atomic E-state index is 11.4. The van der Waals surface area contributed by atoms with Crippen LogP contribution < -0.4 is 0 Å². The Morgan fingerprint density at radius 1 is 1.57 bits per heavy atom. The summed E-state index contributed by atoms with van der Waals surface area (Å²) in [7, 11) is 0. The molecule has 1 unspecified atom stereocenters. The van der Waals surface area contributed by atoms with E-state index >= 15 is 0 Å². The van der Waals surface area contributed by atoms with Gasteiger partial charge in [0.05, 0.1) is 0 Å². The maximum Gasteiger partial charge on any atom is 0.288 e. The molecule has 0 spiro atoms. The fraction of sp³-hybridized carbons (Fsp3) is 0.778. The zero-order valence-corrected chi connectivity index (χ0v) is 10.6. The molecule has 1 saturated heterocycles. The molecule has 0 saturated carbocycles. The largest absolute Gasteiger partial charge is 0.288 e. The minimum atomic E-state index is -0.0827. The molecule has 0 aromatic heterocycles. The van der Waals surface area contributed by atoms with Crippen LogP contribution in [0, 0.1) is 5.92 Å². The second-order valence-corrected chi connectivity index (χ2v) is 4.99. The van der Waals surface area contributed by atoms with Gasteiger partial charge in [-0.1, -0.05) is 41.0 Å². The zero-order chi connectivity index (χ0) is 10.6. The van der Waals surface area contributed by atoms with Gasteiger partial charge in [0.25, 0.3) is 5.24 Å². The van der Waals surface area contributed by atoms with Crippen molar-refractivity contribution in [3.63, 3.8) is 0 Å². The molecule has 1 heterocycles. The molecular formula is C9H14BrNO2S. The van der Waals surface area contributed by atoms with Crippen molar-refractivity contribution in [2.75, 3.05) is 17.6 Å². The van der Waals surface area contributed by atoms with E-state index in [0.29, 0.717) is 24.6 Å². The van der Waals surface area contributed by atoms with Gasteiger partial charge in [0.2, 0.25) is 5.91 Å². The monoisotopic (exact) mass is 279 g/mol. The molecule has 3 nitrogen and oxygen atoms in total. The Morgan fingerprint density at radius 2 is 2.29 bits per heavy atom. The van der Waals surface area contributed by atoms with E-state index in [1.165, 1.54) is 16.7 Å². The molecule has 14 heavy (non-hydrogen) atoms. The predicted molar refractivity (Wildman–Crippen MR) is 61.8 cm³/mol. The number of carbonyl (C=O) groups is 2. The third kappa shape index (κ3) is 2.98. The first-order valence-corrected chi connectivity index (χ1v) is 6.82. The van der Waals surface area contributed by atoms with Crippen LogP contribution in [0.4, 0.5) is 4.79 Å². The summed E-state index contributed by atoms with van der Waals surface area (Å²) in [5.41, 5.74) is 0. The van der Waals surface area contributed by atoms with Crippen LogP contribution in [0.5, 0.6) is 0 Å². The summed E-state index contributed by atoms with van der Waals surface area (Å²) in [5, 5.41) is 0.756. The minimum absolute atomic E-state index is 0.0202. The van der Waals surface area contributed by atoms with Crippen LogP contribution in [0.15, 0.2) is 0 Å². The Bertz CT molecular complexity index is 215. The van der Waals surface area contributed by atoms with Gasteiger partial charge in [-0.25, -0.2) is 0 Å². The lowest BCUT2D eigenvalue weighted by atomic mass is 10.1. The van der Waals surface area contributed by atoms with Gasteiger partial charge in [-0.15, -0.1) is 0 Å². The third-order valence-electron chi connectivity index (χ3n) is 2.30. The number of hydrogen-bond donors (Lipinski definition) is 0. The van der Waals surface area contributed by atoms with Gasteiger partial charge in [0.15, 0.2) is 0 Å². The van der Waals surface area contributed by atoms with Crippen LogP contribution in [0.1, 0.15) is 19.8 Å². The van der Waals surface area contributed by atoms with Crippen molar-refractivity contribution in [2.45, 2.75) is 19.8 Å². The average molecular weight is 280 g/mol. The summed E-state index contributed by atoms with van der Waals surface area (Å²) in [5.74, 6) is 0.994. The summed E-state index contributed by atoms with van der Waals surface area (Å²) in [6, 6.07) is 0. The Morgan fingerprint density at radius 3 is 2.79 bits per heavy atom. The summed E-state index contributed by atoms with van der Waals surface area (Å²) >= 11 is 4.63. The van der Waals surface area contributed by atoms with Gasteiger partial charge >= 0.3 is 0 Å². The summed E-state index contributed by atoms with van der Waals surface area (Å²) in [6.45, 7) is 2.63. The highest BCUT2D eigenvalue weighted by molar-refractivity contribution is 9.09. The molecule has 0 aromatic carbocycles. The molecule has 0 bridgehead atoms. The topological polar surface area (TPSA) is 37.4 Å². The fourth-order valence-corrected chi connectivity index (χ4v) is 2.71. The van der Waals surface area contributed by atoms with E-state index in [9.17, 15) is 9.59 Å². The Hall–Kier alpha value is -0.0300. The van der Waals surface area contributed by atoms with Gasteiger partial charge in [-0.2, -0.15) is 0 Å². The van der Waals surface area contributed by atoms with Crippen LogP contribution >= 0.6 is 27.7 Å². The standard InChI is InChI=1S/C9H14BrNO2S/c1-2-7(5-10)6-11-8(12)3-4-14-9(11)13/h7H,2-6H2,1H3. The zero-order valence-electron chi connectivity index (χ0n) is 8.16. The molecule has 80 valence electrons. The van der Waals surface area contributed by atoms with Crippen LogP contribution in [-0.4, -0.2) is 33.7 Å². The van der Waals surface area contributed by atoms with Gasteiger partial charge in [0.1, 0.15) is 0 Å². The lowest BCUT2D eigenvalue weighted by molar-refractivity contribution is -0.128. The second kappa shape index (κ2) is 5.75. The highest BCUT2D eigenvalue weighted by atomic mass is 79.9.